The van der Waals surface area contributed by atoms with Crippen LogP contribution in [0.15, 0.2) is 24.3 Å². The van der Waals surface area contributed by atoms with Gasteiger partial charge < -0.3 is 30.3 Å². The number of carbonyl (C=O) groups excluding carboxylic acids is 3. The van der Waals surface area contributed by atoms with Gasteiger partial charge in [-0.15, -0.1) is 0 Å². The maximum atomic E-state index is 12.7. The minimum Gasteiger partial charge on any atom is -0.467 e. The van der Waals surface area contributed by atoms with Crippen molar-refractivity contribution in [2.24, 2.45) is 0 Å². The number of aliphatic hydroxyl groups is 2. The van der Waals surface area contributed by atoms with Crippen molar-refractivity contribution in [3.63, 3.8) is 0 Å². The number of esters is 1. The van der Waals surface area contributed by atoms with E-state index in [-0.39, 0.29) is 5.56 Å². The van der Waals surface area contributed by atoms with E-state index in [1.807, 2.05) is 0 Å². The van der Waals surface area contributed by atoms with Gasteiger partial charge in [0.25, 0.3) is 5.91 Å². The fourth-order valence-corrected chi connectivity index (χ4v) is 2.48. The van der Waals surface area contributed by atoms with Gasteiger partial charge in [0.2, 0.25) is 0 Å². The molecule has 0 bridgehead atoms. The number of alkyl carbamates (subject to hydrolysis) is 1. The van der Waals surface area contributed by atoms with Gasteiger partial charge in [-0.1, -0.05) is 11.8 Å². The number of benzene rings is 1. The van der Waals surface area contributed by atoms with Gasteiger partial charge in [-0.3, -0.25) is 4.79 Å². The van der Waals surface area contributed by atoms with Crippen molar-refractivity contribution in [2.45, 2.75) is 57.9 Å². The summed E-state index contributed by atoms with van der Waals surface area (Å²) >= 11 is 0. The number of hydrogen-bond acceptors (Lipinski definition) is 7. The molecule has 9 heteroatoms. The molecule has 0 aliphatic heterocycles. The lowest BCUT2D eigenvalue weighted by atomic mass is 9.94. The first-order valence-corrected chi connectivity index (χ1v) is 10.1. The van der Waals surface area contributed by atoms with Crippen LogP contribution in [-0.2, 0) is 14.3 Å². The molecule has 178 valence electrons. The predicted octanol–water partition coefficient (Wildman–Crippen LogP) is 0.969. The summed E-state index contributed by atoms with van der Waals surface area (Å²) in [6, 6.07) is 5.00. The first-order valence-electron chi connectivity index (χ1n) is 10.1. The van der Waals surface area contributed by atoms with Gasteiger partial charge in [0, 0.05) is 11.1 Å². The van der Waals surface area contributed by atoms with Crippen LogP contribution in [0.4, 0.5) is 4.79 Å². The van der Waals surface area contributed by atoms with E-state index >= 15 is 0 Å². The second kappa shape index (κ2) is 11.9. The summed E-state index contributed by atoms with van der Waals surface area (Å²) in [5.41, 5.74) is -1.15. The van der Waals surface area contributed by atoms with Crippen LogP contribution in [-0.4, -0.2) is 65.2 Å². The number of carbonyl (C=O) groups is 3. The van der Waals surface area contributed by atoms with E-state index in [2.05, 4.69) is 34.3 Å². The molecule has 0 saturated heterocycles. The molecular weight excluding hydrogens is 428 g/mol. The Bertz CT molecular complexity index is 971. The summed E-state index contributed by atoms with van der Waals surface area (Å²) in [6.07, 6.45) is -1.89. The molecule has 0 aliphatic carbocycles. The third-order valence-corrected chi connectivity index (χ3v) is 4.09. The Balaban J connectivity index is 2.96. The average Bonchev–Trinajstić information content (AvgIpc) is 2.72. The molecule has 9 nitrogen and oxygen atoms in total. The van der Waals surface area contributed by atoms with Crippen molar-refractivity contribution >= 4 is 18.0 Å². The molecule has 0 saturated carbocycles. The molecule has 0 heterocycles. The van der Waals surface area contributed by atoms with Crippen molar-refractivity contribution in [2.75, 3.05) is 13.7 Å². The Kier molecular flexibility index (Phi) is 9.93. The van der Waals surface area contributed by atoms with E-state index in [0.717, 1.165) is 0 Å². The fraction of sp³-hybridized carbons (Fsp3) is 0.458. The number of hydrogen-bond donors (Lipinski definition) is 4. The molecule has 0 aliphatic rings. The molecule has 1 unspecified atom stereocenters. The van der Waals surface area contributed by atoms with Gasteiger partial charge in [-0.25, -0.2) is 9.59 Å². The third-order valence-electron chi connectivity index (χ3n) is 4.09. The molecule has 0 spiro atoms. The minimum atomic E-state index is -1.23. The van der Waals surface area contributed by atoms with Crippen LogP contribution >= 0.6 is 0 Å². The van der Waals surface area contributed by atoms with Gasteiger partial charge in [0.15, 0.2) is 0 Å². The first kappa shape index (κ1) is 27.5. The molecule has 1 aromatic carbocycles. The Hall–Kier alpha value is -3.53. The molecule has 0 fully saturated rings. The highest BCUT2D eigenvalue weighted by Crippen LogP contribution is 2.15. The second-order valence-electron chi connectivity index (χ2n) is 8.57. The molecule has 0 aromatic heterocycles. The van der Waals surface area contributed by atoms with Gasteiger partial charge in [-0.2, -0.15) is 0 Å². The second-order valence-corrected chi connectivity index (χ2v) is 8.57. The van der Waals surface area contributed by atoms with E-state index in [1.165, 1.54) is 19.2 Å². The van der Waals surface area contributed by atoms with Crippen LogP contribution in [0.3, 0.4) is 0 Å². The lowest BCUT2D eigenvalue weighted by Crippen LogP contribution is -2.62. The van der Waals surface area contributed by atoms with Gasteiger partial charge in [0.05, 0.1) is 19.3 Å². The van der Waals surface area contributed by atoms with Gasteiger partial charge in [-0.05, 0) is 70.7 Å². The number of amides is 2. The number of rotatable bonds is 6. The lowest BCUT2D eigenvalue weighted by molar-refractivity contribution is -0.144. The standard InChI is InChI=1S/C24H30N2O7/c1-23(2,3)33-22(31)26-24(4,5)19(21(30)32-6)25-20(29)17-13-11-16(12-14-17)9-7-8-10-18(28)15-27/h11-14,18-19,27-28H,15H2,1-6H3,(H,25,29)(H,26,31)/t18-,19?/m0/s1. The largest absolute Gasteiger partial charge is 0.467 e. The van der Waals surface area contributed by atoms with Crippen LogP contribution in [0, 0.1) is 23.7 Å². The Morgan fingerprint density at radius 2 is 1.67 bits per heavy atom. The summed E-state index contributed by atoms with van der Waals surface area (Å²) in [6.45, 7) is 7.77. The van der Waals surface area contributed by atoms with E-state index in [4.69, 9.17) is 19.7 Å². The topological polar surface area (TPSA) is 134 Å². The van der Waals surface area contributed by atoms with Crippen molar-refractivity contribution < 1.29 is 34.1 Å². The van der Waals surface area contributed by atoms with E-state index in [9.17, 15) is 14.4 Å². The van der Waals surface area contributed by atoms with Crippen LogP contribution in [0.1, 0.15) is 50.5 Å². The predicted molar refractivity (Wildman–Crippen MR) is 121 cm³/mol. The zero-order valence-corrected chi connectivity index (χ0v) is 19.6. The molecule has 4 N–H and O–H groups in total. The van der Waals surface area contributed by atoms with E-state index in [1.54, 1.807) is 46.8 Å². The fourth-order valence-electron chi connectivity index (χ4n) is 2.48. The normalized spacial score (nSPS) is 12.6. The van der Waals surface area contributed by atoms with Crippen molar-refractivity contribution in [3.8, 4) is 23.7 Å². The van der Waals surface area contributed by atoms with Crippen LogP contribution in [0.5, 0.6) is 0 Å². The Morgan fingerprint density at radius 3 is 2.18 bits per heavy atom. The first-order chi connectivity index (χ1) is 15.3. The molecule has 33 heavy (non-hydrogen) atoms. The van der Waals surface area contributed by atoms with Crippen LogP contribution in [0.25, 0.3) is 0 Å². The SMILES string of the molecule is COC(=O)C(NC(=O)c1ccc(C#CC#C[C@H](O)CO)cc1)C(C)(C)NC(=O)OC(C)(C)C. The number of aliphatic hydroxyl groups excluding tert-OH is 2. The molecule has 1 aromatic rings. The zero-order chi connectivity index (χ0) is 25.2. The smallest absolute Gasteiger partial charge is 0.408 e. The minimum absolute atomic E-state index is 0.254. The van der Waals surface area contributed by atoms with Gasteiger partial charge in [0.1, 0.15) is 17.7 Å². The van der Waals surface area contributed by atoms with Crippen molar-refractivity contribution in [1.82, 2.24) is 10.6 Å². The maximum Gasteiger partial charge on any atom is 0.408 e. The Morgan fingerprint density at radius 1 is 1.06 bits per heavy atom. The average molecular weight is 459 g/mol. The quantitative estimate of drug-likeness (QED) is 0.369. The van der Waals surface area contributed by atoms with E-state index in [0.29, 0.717) is 5.56 Å². The van der Waals surface area contributed by atoms with Crippen LogP contribution < -0.4 is 10.6 Å². The van der Waals surface area contributed by atoms with Crippen molar-refractivity contribution in [3.05, 3.63) is 35.4 Å². The molecule has 0 radical (unpaired) electrons. The zero-order valence-electron chi connectivity index (χ0n) is 19.6. The summed E-state index contributed by atoms with van der Waals surface area (Å²) in [5, 5.41) is 23.0. The number of nitrogens with one attached hydrogen (secondary N) is 2. The Labute approximate surface area is 193 Å². The van der Waals surface area contributed by atoms with Crippen molar-refractivity contribution in [1.29, 1.82) is 0 Å². The highest BCUT2D eigenvalue weighted by Gasteiger charge is 2.39. The molecule has 2 amide bonds. The van der Waals surface area contributed by atoms with Crippen LogP contribution in [0.2, 0.25) is 0 Å². The summed E-state index contributed by atoms with van der Waals surface area (Å²) in [5.74, 6) is 8.73. The number of methoxy groups -OCH3 is 1. The highest BCUT2D eigenvalue weighted by atomic mass is 16.6. The molecule has 1 rings (SSSR count). The lowest BCUT2D eigenvalue weighted by Gasteiger charge is -2.34. The highest BCUT2D eigenvalue weighted by molar-refractivity contribution is 5.97. The maximum absolute atomic E-state index is 12.7. The van der Waals surface area contributed by atoms with Gasteiger partial charge >= 0.3 is 12.1 Å². The van der Waals surface area contributed by atoms with E-state index < -0.39 is 47.9 Å². The molecule has 2 atom stereocenters. The third kappa shape index (κ3) is 9.65. The number of ether oxygens (including phenoxy) is 2. The monoisotopic (exact) mass is 458 g/mol. The summed E-state index contributed by atoms with van der Waals surface area (Å²) in [7, 11) is 1.18. The molecular formula is C24H30N2O7. The summed E-state index contributed by atoms with van der Waals surface area (Å²) < 4.78 is 10.0. The summed E-state index contributed by atoms with van der Waals surface area (Å²) in [4.78, 5) is 37.3.